The quantitative estimate of drug-likeness (QED) is 0.647. The summed E-state index contributed by atoms with van der Waals surface area (Å²) in [5.74, 6) is 1.19. The third-order valence-electron chi connectivity index (χ3n) is 4.19. The van der Waals surface area contributed by atoms with Crippen molar-refractivity contribution in [3.8, 4) is 11.3 Å². The zero-order valence-electron chi connectivity index (χ0n) is 15.3. The molecule has 0 radical (unpaired) electrons. The van der Waals surface area contributed by atoms with Crippen molar-refractivity contribution < 1.29 is 17.4 Å². The van der Waals surface area contributed by atoms with E-state index in [0.29, 0.717) is 17.1 Å². The molecule has 3 aromatic rings. The van der Waals surface area contributed by atoms with Gasteiger partial charge >= 0.3 is 0 Å². The Morgan fingerprint density at radius 3 is 2.54 bits per heavy atom. The lowest BCUT2D eigenvalue weighted by Gasteiger charge is -2.20. The molecular formula is C19H22N2O4S. The van der Waals surface area contributed by atoms with Crippen LogP contribution in [0.15, 0.2) is 56.5 Å². The minimum absolute atomic E-state index is 0.0577. The molecule has 0 amide bonds. The number of hydrogen-bond donors (Lipinski definition) is 0. The van der Waals surface area contributed by atoms with E-state index in [1.807, 2.05) is 32.9 Å². The summed E-state index contributed by atoms with van der Waals surface area (Å²) >= 11 is 0. The third-order valence-corrected chi connectivity index (χ3v) is 6.05. The number of hydrogen-bond acceptors (Lipinski definition) is 5. The molecule has 7 heteroatoms. The number of benzene rings is 1. The Morgan fingerprint density at radius 2 is 1.96 bits per heavy atom. The van der Waals surface area contributed by atoms with E-state index in [1.54, 1.807) is 31.3 Å². The molecule has 2 aromatic heterocycles. The average molecular weight is 374 g/mol. The van der Waals surface area contributed by atoms with E-state index >= 15 is 0 Å². The van der Waals surface area contributed by atoms with E-state index < -0.39 is 10.0 Å². The topological polar surface area (TPSA) is 76.6 Å². The first kappa shape index (κ1) is 18.4. The monoisotopic (exact) mass is 374 g/mol. The Kier molecular flexibility index (Phi) is 5.02. The van der Waals surface area contributed by atoms with Crippen LogP contribution in [0.2, 0.25) is 0 Å². The lowest BCUT2D eigenvalue weighted by Crippen LogP contribution is -2.27. The summed E-state index contributed by atoms with van der Waals surface area (Å²) < 4.78 is 38.3. The van der Waals surface area contributed by atoms with E-state index in [0.717, 1.165) is 11.3 Å². The minimum atomic E-state index is -3.70. The Balaban J connectivity index is 2.05. The van der Waals surface area contributed by atoms with Crippen molar-refractivity contribution in [1.29, 1.82) is 0 Å². The van der Waals surface area contributed by atoms with E-state index in [4.69, 9.17) is 8.94 Å². The highest BCUT2D eigenvalue weighted by molar-refractivity contribution is 7.89. The highest BCUT2D eigenvalue weighted by atomic mass is 32.2. The highest BCUT2D eigenvalue weighted by Gasteiger charge is 2.26. The van der Waals surface area contributed by atoms with Crippen molar-refractivity contribution in [2.75, 3.05) is 7.05 Å². The summed E-state index contributed by atoms with van der Waals surface area (Å²) in [5.41, 5.74) is 2.18. The molecule has 26 heavy (non-hydrogen) atoms. The van der Waals surface area contributed by atoms with Crippen LogP contribution in [0.5, 0.6) is 0 Å². The summed E-state index contributed by atoms with van der Waals surface area (Å²) in [4.78, 5) is 0.271. The number of furan rings is 1. The fraction of sp³-hybridized carbons (Fsp3) is 0.316. The molecule has 0 spiro atoms. The van der Waals surface area contributed by atoms with Gasteiger partial charge in [-0.15, -0.1) is 0 Å². The van der Waals surface area contributed by atoms with Crippen molar-refractivity contribution in [3.63, 3.8) is 0 Å². The normalized spacial score (nSPS) is 12.2. The molecule has 0 bridgehead atoms. The van der Waals surface area contributed by atoms with E-state index in [9.17, 15) is 8.42 Å². The number of aryl methyl sites for hydroxylation is 1. The molecule has 1 aromatic carbocycles. The van der Waals surface area contributed by atoms with Crippen LogP contribution in [-0.2, 0) is 16.6 Å². The second-order valence-corrected chi connectivity index (χ2v) is 8.59. The van der Waals surface area contributed by atoms with Gasteiger partial charge in [0, 0.05) is 18.7 Å². The van der Waals surface area contributed by atoms with Gasteiger partial charge in [0.25, 0.3) is 0 Å². The van der Waals surface area contributed by atoms with Gasteiger partial charge in [-0.3, -0.25) is 0 Å². The number of sulfonamides is 1. The third kappa shape index (κ3) is 3.59. The first-order valence-corrected chi connectivity index (χ1v) is 9.79. The molecule has 6 nitrogen and oxygen atoms in total. The van der Waals surface area contributed by atoms with E-state index in [1.165, 1.54) is 10.6 Å². The molecule has 2 heterocycles. The number of rotatable bonds is 6. The van der Waals surface area contributed by atoms with Gasteiger partial charge in [-0.25, -0.2) is 8.42 Å². The van der Waals surface area contributed by atoms with Crippen LogP contribution >= 0.6 is 0 Å². The predicted molar refractivity (Wildman–Crippen MR) is 98.1 cm³/mol. The molecule has 0 unspecified atom stereocenters. The molecule has 0 fully saturated rings. The predicted octanol–water partition coefficient (Wildman–Crippen LogP) is 4.19. The van der Waals surface area contributed by atoms with Gasteiger partial charge in [0.1, 0.15) is 5.76 Å². The summed E-state index contributed by atoms with van der Waals surface area (Å²) in [5, 5.41) is 3.88. The fourth-order valence-electron chi connectivity index (χ4n) is 2.76. The van der Waals surface area contributed by atoms with Crippen LogP contribution in [0.1, 0.15) is 36.8 Å². The molecule has 0 N–H and O–H groups in total. The van der Waals surface area contributed by atoms with Gasteiger partial charge < -0.3 is 8.94 Å². The first-order chi connectivity index (χ1) is 12.3. The van der Waals surface area contributed by atoms with Crippen LogP contribution in [0, 0.1) is 6.92 Å². The van der Waals surface area contributed by atoms with Gasteiger partial charge in [-0.1, -0.05) is 31.1 Å². The van der Waals surface area contributed by atoms with Crippen LogP contribution < -0.4 is 0 Å². The SMILES string of the molecule is Cc1cc(-c2ccc(C(C)C)c(S(=O)(=O)N(C)Cc3ccco3)c2)on1. The van der Waals surface area contributed by atoms with Crippen LogP contribution in [0.4, 0.5) is 0 Å². The van der Waals surface area contributed by atoms with Crippen molar-refractivity contribution in [2.24, 2.45) is 0 Å². The fourth-order valence-corrected chi connectivity index (χ4v) is 4.27. The smallest absolute Gasteiger partial charge is 0.243 e. The maximum atomic E-state index is 13.2. The van der Waals surface area contributed by atoms with Crippen molar-refractivity contribution >= 4 is 10.0 Å². The zero-order chi connectivity index (χ0) is 18.9. The number of aromatic nitrogens is 1. The molecule has 3 rings (SSSR count). The lowest BCUT2D eigenvalue weighted by atomic mass is 10.0. The Morgan fingerprint density at radius 1 is 1.19 bits per heavy atom. The van der Waals surface area contributed by atoms with Gasteiger partial charge in [-0.2, -0.15) is 4.31 Å². The minimum Gasteiger partial charge on any atom is -0.468 e. The van der Waals surface area contributed by atoms with Crippen molar-refractivity contribution in [1.82, 2.24) is 9.46 Å². The lowest BCUT2D eigenvalue weighted by molar-refractivity contribution is 0.405. The second-order valence-electron chi connectivity index (χ2n) is 6.58. The molecule has 0 aliphatic rings. The first-order valence-electron chi connectivity index (χ1n) is 8.35. The number of nitrogens with zero attached hydrogens (tertiary/aromatic N) is 2. The van der Waals surface area contributed by atoms with E-state index in [-0.39, 0.29) is 17.4 Å². The van der Waals surface area contributed by atoms with Gasteiger partial charge in [0.2, 0.25) is 10.0 Å². The molecule has 0 aliphatic heterocycles. The summed E-state index contributed by atoms with van der Waals surface area (Å²) in [6, 6.07) is 10.6. The van der Waals surface area contributed by atoms with Gasteiger partial charge in [-0.05, 0) is 36.6 Å². The Hall–Kier alpha value is -2.38. The average Bonchev–Trinajstić information content (AvgIpc) is 3.25. The van der Waals surface area contributed by atoms with Gasteiger partial charge in [0.05, 0.1) is 23.4 Å². The standard InChI is InChI=1S/C19H22N2O4S/c1-13(2)17-8-7-15(18-10-14(3)20-25-18)11-19(17)26(22,23)21(4)12-16-6-5-9-24-16/h5-11,13H,12H2,1-4H3. The van der Waals surface area contributed by atoms with E-state index in [2.05, 4.69) is 5.16 Å². The van der Waals surface area contributed by atoms with Gasteiger partial charge in [0.15, 0.2) is 5.76 Å². The van der Waals surface area contributed by atoms with Crippen LogP contribution in [0.25, 0.3) is 11.3 Å². The summed E-state index contributed by atoms with van der Waals surface area (Å²) in [6.07, 6.45) is 1.53. The highest BCUT2D eigenvalue weighted by Crippen LogP contribution is 2.31. The molecule has 0 atom stereocenters. The molecular weight excluding hydrogens is 352 g/mol. The molecule has 0 aliphatic carbocycles. The zero-order valence-corrected chi connectivity index (χ0v) is 16.1. The Bertz CT molecular complexity index is 988. The van der Waals surface area contributed by atoms with Crippen LogP contribution in [0.3, 0.4) is 0 Å². The Labute approximate surface area is 153 Å². The second kappa shape index (κ2) is 7.09. The van der Waals surface area contributed by atoms with Crippen molar-refractivity contribution in [3.05, 3.63) is 59.7 Å². The summed E-state index contributed by atoms with van der Waals surface area (Å²) in [7, 11) is -2.15. The maximum Gasteiger partial charge on any atom is 0.243 e. The largest absolute Gasteiger partial charge is 0.468 e. The molecule has 0 saturated carbocycles. The van der Waals surface area contributed by atoms with Crippen LogP contribution in [-0.4, -0.2) is 24.9 Å². The molecule has 138 valence electrons. The molecule has 0 saturated heterocycles. The summed E-state index contributed by atoms with van der Waals surface area (Å²) in [6.45, 7) is 5.93. The maximum absolute atomic E-state index is 13.2. The van der Waals surface area contributed by atoms with Crippen molar-refractivity contribution in [2.45, 2.75) is 38.1 Å².